The maximum Gasteiger partial charge on any atom is 0.321 e. The van der Waals surface area contributed by atoms with Crippen molar-refractivity contribution < 1.29 is 4.79 Å². The Bertz CT molecular complexity index is 675. The molecule has 0 atom stereocenters. The fraction of sp³-hybridized carbons (Fsp3) is 0.438. The van der Waals surface area contributed by atoms with E-state index in [9.17, 15) is 4.79 Å². The summed E-state index contributed by atoms with van der Waals surface area (Å²) in [5.41, 5.74) is 3.52. The van der Waals surface area contributed by atoms with Crippen LogP contribution in [0.25, 0.3) is 0 Å². The number of hydrogen-bond donors (Lipinski definition) is 2. The molecule has 1 heterocycles. The molecule has 2 rings (SSSR count). The highest BCUT2D eigenvalue weighted by atomic mass is 16.2. The number of amides is 2. The first kappa shape index (κ1) is 16.0. The van der Waals surface area contributed by atoms with Crippen molar-refractivity contribution in [1.29, 1.82) is 0 Å². The Morgan fingerprint density at radius 2 is 1.95 bits per heavy atom. The summed E-state index contributed by atoms with van der Waals surface area (Å²) in [7, 11) is 0. The van der Waals surface area contributed by atoms with Crippen LogP contribution in [0.5, 0.6) is 0 Å². The molecule has 22 heavy (non-hydrogen) atoms. The van der Waals surface area contributed by atoms with Crippen LogP contribution in [0.1, 0.15) is 42.4 Å². The third kappa shape index (κ3) is 3.84. The molecule has 0 radical (unpaired) electrons. The molecule has 1 aromatic carbocycles. The first-order valence-electron chi connectivity index (χ1n) is 7.41. The van der Waals surface area contributed by atoms with Gasteiger partial charge in [-0.25, -0.2) is 9.48 Å². The van der Waals surface area contributed by atoms with Gasteiger partial charge in [0.05, 0.1) is 0 Å². The zero-order chi connectivity index (χ0) is 16.3. The van der Waals surface area contributed by atoms with Gasteiger partial charge in [0.2, 0.25) is 5.95 Å². The lowest BCUT2D eigenvalue weighted by atomic mass is 10.1. The van der Waals surface area contributed by atoms with Crippen molar-refractivity contribution in [3.05, 3.63) is 40.7 Å². The van der Waals surface area contributed by atoms with E-state index in [-0.39, 0.29) is 12.1 Å². The summed E-state index contributed by atoms with van der Waals surface area (Å²) in [6, 6.07) is 6.05. The van der Waals surface area contributed by atoms with Crippen molar-refractivity contribution in [3.8, 4) is 0 Å². The second-order valence-electron chi connectivity index (χ2n) is 5.75. The summed E-state index contributed by atoms with van der Waals surface area (Å²) in [4.78, 5) is 16.1. The first-order valence-corrected chi connectivity index (χ1v) is 7.41. The number of hydrogen-bond acceptors (Lipinski definition) is 3. The molecule has 0 aliphatic heterocycles. The van der Waals surface area contributed by atoms with Crippen molar-refractivity contribution in [2.45, 2.75) is 47.2 Å². The van der Waals surface area contributed by atoms with E-state index in [1.807, 2.05) is 26.8 Å². The number of aryl methyl sites for hydroxylation is 3. The van der Waals surface area contributed by atoms with Crippen molar-refractivity contribution in [2.24, 2.45) is 0 Å². The molecule has 1 aromatic heterocycles. The van der Waals surface area contributed by atoms with Gasteiger partial charge in [0.15, 0.2) is 0 Å². The van der Waals surface area contributed by atoms with Crippen LogP contribution in [0.3, 0.4) is 0 Å². The molecule has 2 N–H and O–H groups in total. The monoisotopic (exact) mass is 301 g/mol. The third-order valence-electron chi connectivity index (χ3n) is 3.54. The Labute approximate surface area is 130 Å². The summed E-state index contributed by atoms with van der Waals surface area (Å²) in [6.07, 6.45) is 0. The average molecular weight is 301 g/mol. The molecule has 0 unspecified atom stereocenters. The van der Waals surface area contributed by atoms with E-state index in [2.05, 4.69) is 46.7 Å². The number of rotatable bonds is 4. The molecule has 0 fully saturated rings. The molecule has 118 valence electrons. The number of nitrogens with one attached hydrogen (secondary N) is 2. The molecule has 6 heteroatoms. The van der Waals surface area contributed by atoms with Gasteiger partial charge in [0.1, 0.15) is 5.82 Å². The molecular weight excluding hydrogens is 278 g/mol. The Hall–Kier alpha value is -2.37. The Balaban J connectivity index is 1.93. The van der Waals surface area contributed by atoms with E-state index in [1.165, 1.54) is 11.1 Å². The second kappa shape index (κ2) is 6.60. The molecule has 2 amide bonds. The van der Waals surface area contributed by atoms with Crippen molar-refractivity contribution >= 4 is 12.0 Å². The second-order valence-corrected chi connectivity index (χ2v) is 5.75. The number of carbonyl (C=O) groups excluding carboxylic acids is 1. The lowest BCUT2D eigenvalue weighted by molar-refractivity contribution is 0.251. The maximum atomic E-state index is 11.9. The zero-order valence-electron chi connectivity index (χ0n) is 13.8. The predicted molar refractivity (Wildman–Crippen MR) is 86.9 cm³/mol. The lowest BCUT2D eigenvalue weighted by Crippen LogP contribution is -2.28. The molecule has 0 bridgehead atoms. The van der Waals surface area contributed by atoms with Gasteiger partial charge in [-0.1, -0.05) is 18.2 Å². The lowest BCUT2D eigenvalue weighted by Gasteiger charge is -2.07. The van der Waals surface area contributed by atoms with Gasteiger partial charge in [-0.05, 0) is 51.3 Å². The van der Waals surface area contributed by atoms with E-state index in [0.29, 0.717) is 12.5 Å². The largest absolute Gasteiger partial charge is 0.334 e. The Morgan fingerprint density at radius 1 is 1.23 bits per heavy atom. The molecule has 0 aliphatic carbocycles. The minimum Gasteiger partial charge on any atom is -0.334 e. The van der Waals surface area contributed by atoms with Crippen LogP contribution in [-0.4, -0.2) is 20.8 Å². The van der Waals surface area contributed by atoms with Gasteiger partial charge >= 0.3 is 6.03 Å². The third-order valence-corrected chi connectivity index (χ3v) is 3.54. The van der Waals surface area contributed by atoms with E-state index < -0.39 is 0 Å². The normalized spacial score (nSPS) is 10.8. The van der Waals surface area contributed by atoms with E-state index in [0.717, 1.165) is 11.4 Å². The first-order chi connectivity index (χ1) is 10.4. The van der Waals surface area contributed by atoms with Crippen molar-refractivity contribution in [2.75, 3.05) is 5.32 Å². The van der Waals surface area contributed by atoms with E-state index in [4.69, 9.17) is 0 Å². The molecule has 0 saturated carbocycles. The number of urea groups is 1. The minimum absolute atomic E-state index is 0.210. The quantitative estimate of drug-likeness (QED) is 0.911. The highest BCUT2D eigenvalue weighted by Gasteiger charge is 2.11. The van der Waals surface area contributed by atoms with Gasteiger partial charge in [-0.2, -0.15) is 4.98 Å². The highest BCUT2D eigenvalue weighted by molar-refractivity contribution is 5.87. The average Bonchev–Trinajstić information content (AvgIpc) is 2.81. The molecule has 0 aliphatic rings. The summed E-state index contributed by atoms with van der Waals surface area (Å²) >= 11 is 0. The topological polar surface area (TPSA) is 71.8 Å². The van der Waals surface area contributed by atoms with E-state index >= 15 is 0 Å². The molecule has 6 nitrogen and oxygen atoms in total. The van der Waals surface area contributed by atoms with Crippen molar-refractivity contribution in [3.63, 3.8) is 0 Å². The number of carbonyl (C=O) groups is 1. The number of anilines is 1. The fourth-order valence-electron chi connectivity index (χ4n) is 2.18. The van der Waals surface area contributed by atoms with Gasteiger partial charge in [0, 0.05) is 12.6 Å². The van der Waals surface area contributed by atoms with Crippen LogP contribution in [0, 0.1) is 20.8 Å². The van der Waals surface area contributed by atoms with Gasteiger partial charge < -0.3 is 5.32 Å². The summed E-state index contributed by atoms with van der Waals surface area (Å²) < 4.78 is 1.78. The molecule has 2 aromatic rings. The Morgan fingerprint density at radius 3 is 2.55 bits per heavy atom. The van der Waals surface area contributed by atoms with Gasteiger partial charge in [-0.15, -0.1) is 5.10 Å². The van der Waals surface area contributed by atoms with Crippen LogP contribution in [0.15, 0.2) is 18.2 Å². The number of aromatic nitrogens is 3. The van der Waals surface area contributed by atoms with E-state index in [1.54, 1.807) is 4.68 Å². The van der Waals surface area contributed by atoms with Crippen LogP contribution in [0.2, 0.25) is 0 Å². The van der Waals surface area contributed by atoms with Crippen LogP contribution >= 0.6 is 0 Å². The summed E-state index contributed by atoms with van der Waals surface area (Å²) in [5.74, 6) is 1.10. The van der Waals surface area contributed by atoms with Crippen LogP contribution < -0.4 is 10.6 Å². The standard InChI is InChI=1S/C16H23N5O/c1-10(2)21-13(5)18-15(20-21)19-16(22)17-9-14-7-6-11(3)12(4)8-14/h6-8,10H,9H2,1-5H3,(H2,17,19,20,22). The Kier molecular flexibility index (Phi) is 4.80. The SMILES string of the molecule is Cc1ccc(CNC(=O)Nc2nc(C)n(C(C)C)n2)cc1C. The van der Waals surface area contributed by atoms with Gasteiger partial charge in [-0.3, -0.25) is 5.32 Å². The fourth-order valence-corrected chi connectivity index (χ4v) is 2.18. The number of benzene rings is 1. The summed E-state index contributed by atoms with van der Waals surface area (Å²) in [6.45, 7) is 10.5. The smallest absolute Gasteiger partial charge is 0.321 e. The number of nitrogens with zero attached hydrogens (tertiary/aromatic N) is 3. The van der Waals surface area contributed by atoms with Gasteiger partial charge in [0.25, 0.3) is 0 Å². The van der Waals surface area contributed by atoms with Crippen LogP contribution in [-0.2, 0) is 6.54 Å². The van der Waals surface area contributed by atoms with Crippen LogP contribution in [0.4, 0.5) is 10.7 Å². The summed E-state index contributed by atoms with van der Waals surface area (Å²) in [5, 5.41) is 9.74. The highest BCUT2D eigenvalue weighted by Crippen LogP contribution is 2.10. The van der Waals surface area contributed by atoms with Crippen molar-refractivity contribution in [1.82, 2.24) is 20.1 Å². The molecule has 0 spiro atoms. The molecule has 0 saturated heterocycles. The molecular formula is C16H23N5O. The minimum atomic E-state index is -0.306. The zero-order valence-corrected chi connectivity index (χ0v) is 13.8. The predicted octanol–water partition coefficient (Wildman–Crippen LogP) is 3.11. The maximum absolute atomic E-state index is 11.9.